The van der Waals surface area contributed by atoms with Crippen LogP contribution < -0.4 is 15.8 Å². The fraction of sp³-hybridized carbons (Fsp3) is 0.167. The Morgan fingerprint density at radius 2 is 2.08 bits per heavy atom. The maximum atomic E-state index is 12.6. The first kappa shape index (κ1) is 22.9. The van der Waals surface area contributed by atoms with Gasteiger partial charge in [0.2, 0.25) is 0 Å². The molecule has 5 rings (SSSR count). The van der Waals surface area contributed by atoms with E-state index in [1.807, 2.05) is 29.7 Å². The van der Waals surface area contributed by atoms with Gasteiger partial charge in [-0.3, -0.25) is 20.1 Å². The Morgan fingerprint density at radius 3 is 2.89 bits per heavy atom. The first-order valence-corrected chi connectivity index (χ1v) is 11.0. The van der Waals surface area contributed by atoms with Gasteiger partial charge in [0.15, 0.2) is 0 Å². The highest BCUT2D eigenvalue weighted by Gasteiger charge is 2.21. The average Bonchev–Trinajstić information content (AvgIpc) is 3.43. The summed E-state index contributed by atoms with van der Waals surface area (Å²) in [6, 6.07) is 7.16. The molecule has 0 radical (unpaired) electrons. The number of aromatic nitrogens is 6. The summed E-state index contributed by atoms with van der Waals surface area (Å²) in [6.07, 6.45) is 7.95. The number of carbonyl (C=O) groups is 1. The third-order valence-corrected chi connectivity index (χ3v) is 5.41. The number of anilines is 2. The highest BCUT2D eigenvalue weighted by Crippen LogP contribution is 2.31. The van der Waals surface area contributed by atoms with Crippen molar-refractivity contribution >= 4 is 23.4 Å². The summed E-state index contributed by atoms with van der Waals surface area (Å²) >= 11 is 0. The molecule has 0 aromatic carbocycles. The number of aryl methyl sites for hydroxylation is 1. The number of hydrogen-bond donors (Lipinski definition) is 3. The van der Waals surface area contributed by atoms with Gasteiger partial charge in [-0.2, -0.15) is 4.98 Å². The molecule has 182 valence electrons. The predicted octanol–water partition coefficient (Wildman–Crippen LogP) is 2.28. The number of aliphatic hydroxyl groups excluding tert-OH is 1. The highest BCUT2D eigenvalue weighted by molar-refractivity contribution is 6.01. The number of nitrogens with zero attached hydrogens (tertiary/aromatic N) is 6. The van der Waals surface area contributed by atoms with Crippen molar-refractivity contribution in [3.05, 3.63) is 78.1 Å². The minimum Gasteiger partial charge on any atom is -0.489 e. The third-order valence-electron chi connectivity index (χ3n) is 5.41. The number of ether oxygens (including phenoxy) is 1. The van der Waals surface area contributed by atoms with E-state index in [0.717, 1.165) is 11.3 Å². The number of hydrogen-bond acceptors (Lipinski definition) is 10. The van der Waals surface area contributed by atoms with Crippen LogP contribution in [0.25, 0.3) is 16.9 Å². The average molecular weight is 486 g/mol. The molecule has 0 fully saturated rings. The number of pyridine rings is 2. The Balaban J connectivity index is 1.55. The number of aliphatic hydroxyl groups is 1. The maximum absolute atomic E-state index is 12.6. The van der Waals surface area contributed by atoms with E-state index in [9.17, 15) is 4.79 Å². The van der Waals surface area contributed by atoms with Gasteiger partial charge in [-0.15, -0.1) is 0 Å². The minimum absolute atomic E-state index is 0.00799. The standard InChI is InChI=1S/C24H22N8O4/c1-14-22(25)29-20-5-4-15(13-32(14)20)21-19(11-16-18(35-10-9-33)3-2-6-27-16)36-24(30-21)31-23(34)17-12-26-7-8-28-17/h2-8,12-13,33H,9-11,25H2,1H3,(H,30,31,34). The zero-order valence-electron chi connectivity index (χ0n) is 19.3. The maximum Gasteiger partial charge on any atom is 0.302 e. The van der Waals surface area contributed by atoms with Crippen molar-refractivity contribution in [1.82, 2.24) is 29.3 Å². The lowest BCUT2D eigenvalue weighted by atomic mass is 10.1. The van der Waals surface area contributed by atoms with Crippen LogP contribution in [-0.2, 0) is 6.42 Å². The van der Waals surface area contributed by atoms with E-state index in [2.05, 4.69) is 30.2 Å². The van der Waals surface area contributed by atoms with Gasteiger partial charge in [-0.25, -0.2) is 9.97 Å². The summed E-state index contributed by atoms with van der Waals surface area (Å²) in [7, 11) is 0. The van der Waals surface area contributed by atoms with Crippen molar-refractivity contribution < 1.29 is 19.1 Å². The molecular formula is C24H22N8O4. The third kappa shape index (κ3) is 4.57. The van der Waals surface area contributed by atoms with E-state index in [1.54, 1.807) is 18.3 Å². The van der Waals surface area contributed by atoms with E-state index in [-0.39, 0.29) is 31.3 Å². The Labute approximate surface area is 204 Å². The van der Waals surface area contributed by atoms with Gasteiger partial charge < -0.3 is 24.4 Å². The normalized spacial score (nSPS) is 11.1. The molecule has 36 heavy (non-hydrogen) atoms. The molecule has 5 heterocycles. The van der Waals surface area contributed by atoms with Gasteiger partial charge in [0.25, 0.3) is 5.91 Å². The largest absolute Gasteiger partial charge is 0.489 e. The number of imidazole rings is 1. The first-order valence-electron chi connectivity index (χ1n) is 11.0. The van der Waals surface area contributed by atoms with Crippen LogP contribution in [0.2, 0.25) is 0 Å². The van der Waals surface area contributed by atoms with Crippen molar-refractivity contribution in [2.24, 2.45) is 0 Å². The van der Waals surface area contributed by atoms with Crippen molar-refractivity contribution in [2.75, 3.05) is 24.3 Å². The van der Waals surface area contributed by atoms with Gasteiger partial charge in [-0.1, -0.05) is 0 Å². The van der Waals surface area contributed by atoms with Gasteiger partial charge in [0.1, 0.15) is 41.0 Å². The van der Waals surface area contributed by atoms with Crippen LogP contribution in [0.4, 0.5) is 11.8 Å². The fourth-order valence-electron chi connectivity index (χ4n) is 3.64. The Hall–Kier alpha value is -4.84. The molecule has 0 saturated heterocycles. The molecule has 0 aliphatic rings. The molecule has 5 aromatic rings. The lowest BCUT2D eigenvalue weighted by Crippen LogP contribution is -2.13. The number of rotatable bonds is 8. The lowest BCUT2D eigenvalue weighted by Gasteiger charge is -2.09. The van der Waals surface area contributed by atoms with Crippen LogP contribution in [0.5, 0.6) is 5.75 Å². The summed E-state index contributed by atoms with van der Waals surface area (Å²) in [4.78, 5) is 33.9. The molecule has 0 aliphatic carbocycles. The molecule has 1 amide bonds. The van der Waals surface area contributed by atoms with Crippen molar-refractivity contribution in [2.45, 2.75) is 13.3 Å². The number of carbonyl (C=O) groups excluding carboxylic acids is 1. The summed E-state index contributed by atoms with van der Waals surface area (Å²) in [5.41, 5.74) is 9.38. The van der Waals surface area contributed by atoms with Crippen LogP contribution >= 0.6 is 0 Å². The summed E-state index contributed by atoms with van der Waals surface area (Å²) in [6.45, 7) is 1.86. The Morgan fingerprint density at radius 1 is 1.19 bits per heavy atom. The van der Waals surface area contributed by atoms with E-state index in [4.69, 9.17) is 20.0 Å². The van der Waals surface area contributed by atoms with Crippen LogP contribution in [0.15, 0.2) is 59.7 Å². The summed E-state index contributed by atoms with van der Waals surface area (Å²) < 4.78 is 13.5. The van der Waals surface area contributed by atoms with E-state index in [0.29, 0.717) is 34.4 Å². The molecular weight excluding hydrogens is 464 g/mol. The smallest absolute Gasteiger partial charge is 0.302 e. The number of nitrogens with two attached hydrogens (primary N) is 1. The molecule has 0 saturated carbocycles. The SMILES string of the molecule is Cc1c(N)nc2ccc(-c3nc(NC(=O)c4cnccn4)oc3Cc3ncccc3OCCO)cn12. The van der Waals surface area contributed by atoms with Crippen molar-refractivity contribution in [3.8, 4) is 17.0 Å². The zero-order chi connectivity index (χ0) is 25.1. The fourth-order valence-corrected chi connectivity index (χ4v) is 3.64. The number of amides is 1. The number of oxazole rings is 1. The first-order chi connectivity index (χ1) is 17.5. The van der Waals surface area contributed by atoms with Crippen LogP contribution in [0, 0.1) is 6.92 Å². The van der Waals surface area contributed by atoms with Gasteiger partial charge in [0.05, 0.1) is 30.6 Å². The Bertz CT molecular complexity index is 1530. The van der Waals surface area contributed by atoms with E-state index in [1.165, 1.54) is 18.6 Å². The van der Waals surface area contributed by atoms with Gasteiger partial charge in [-0.05, 0) is 31.2 Å². The molecule has 0 spiro atoms. The minimum atomic E-state index is -0.513. The molecule has 0 aliphatic heterocycles. The molecule has 12 heteroatoms. The second-order valence-electron chi connectivity index (χ2n) is 7.76. The van der Waals surface area contributed by atoms with Crippen molar-refractivity contribution in [3.63, 3.8) is 0 Å². The van der Waals surface area contributed by atoms with E-state index >= 15 is 0 Å². The molecule has 12 nitrogen and oxygen atoms in total. The van der Waals surface area contributed by atoms with E-state index < -0.39 is 5.91 Å². The van der Waals surface area contributed by atoms with Crippen molar-refractivity contribution in [1.29, 1.82) is 0 Å². The molecule has 4 N–H and O–H groups in total. The zero-order valence-corrected chi connectivity index (χ0v) is 19.3. The quantitative estimate of drug-likeness (QED) is 0.296. The predicted molar refractivity (Wildman–Crippen MR) is 129 cm³/mol. The molecule has 5 aromatic heterocycles. The Kier molecular flexibility index (Phi) is 6.24. The van der Waals surface area contributed by atoms with Gasteiger partial charge in [0, 0.05) is 30.4 Å². The molecule has 0 bridgehead atoms. The van der Waals surface area contributed by atoms with Crippen LogP contribution in [0.3, 0.4) is 0 Å². The van der Waals surface area contributed by atoms with Crippen LogP contribution in [0.1, 0.15) is 27.6 Å². The number of nitrogen functional groups attached to an aromatic ring is 1. The molecule has 0 unspecified atom stereocenters. The van der Waals surface area contributed by atoms with Gasteiger partial charge >= 0.3 is 6.01 Å². The summed E-state index contributed by atoms with van der Waals surface area (Å²) in [5, 5.41) is 11.8. The monoisotopic (exact) mass is 486 g/mol. The molecule has 0 atom stereocenters. The topological polar surface area (TPSA) is 167 Å². The second kappa shape index (κ2) is 9.80. The highest BCUT2D eigenvalue weighted by atomic mass is 16.5. The lowest BCUT2D eigenvalue weighted by molar-refractivity contribution is 0.101. The summed E-state index contributed by atoms with van der Waals surface area (Å²) in [5.74, 6) is 0.874. The van der Waals surface area contributed by atoms with Crippen LogP contribution in [-0.4, -0.2) is 53.5 Å². The second-order valence-corrected chi connectivity index (χ2v) is 7.76. The number of fused-ring (bicyclic) bond motifs is 1. The number of nitrogens with one attached hydrogen (secondary N) is 1.